The maximum atomic E-state index is 10.7. The molecule has 0 saturated heterocycles. The fourth-order valence-corrected chi connectivity index (χ4v) is 3.83. The first-order valence-electron chi connectivity index (χ1n) is 6.46. The molecule has 1 heterocycles. The van der Waals surface area contributed by atoms with E-state index in [2.05, 4.69) is 29.2 Å². The van der Waals surface area contributed by atoms with Crippen LogP contribution in [0.15, 0.2) is 30.3 Å². The molecule has 1 N–H and O–H groups in total. The summed E-state index contributed by atoms with van der Waals surface area (Å²) in [6.07, 6.45) is 3.11. The predicted molar refractivity (Wildman–Crippen MR) is 74.7 cm³/mol. The van der Waals surface area contributed by atoms with Gasteiger partial charge in [0.25, 0.3) is 0 Å². The third-order valence-corrected chi connectivity index (χ3v) is 4.68. The number of aliphatic carboxylic acids is 1. The van der Waals surface area contributed by atoms with Crippen molar-refractivity contribution >= 4 is 17.3 Å². The van der Waals surface area contributed by atoms with E-state index in [1.807, 2.05) is 6.07 Å². The van der Waals surface area contributed by atoms with Gasteiger partial charge in [-0.3, -0.25) is 4.79 Å². The molecule has 0 amide bonds. The van der Waals surface area contributed by atoms with E-state index in [4.69, 9.17) is 5.11 Å². The average molecular weight is 273 g/mol. The van der Waals surface area contributed by atoms with Crippen molar-refractivity contribution in [3.05, 3.63) is 51.5 Å². The van der Waals surface area contributed by atoms with E-state index in [-0.39, 0.29) is 6.42 Å². The van der Waals surface area contributed by atoms with Crippen LogP contribution < -0.4 is 0 Å². The van der Waals surface area contributed by atoms with Crippen molar-refractivity contribution in [2.75, 3.05) is 0 Å². The Kier molecular flexibility index (Phi) is 3.34. The minimum Gasteiger partial charge on any atom is -0.481 e. The highest BCUT2D eigenvalue weighted by atomic mass is 32.1. The summed E-state index contributed by atoms with van der Waals surface area (Å²) in [6, 6.07) is 10.5. The minimum absolute atomic E-state index is 0.0493. The topological polar surface area (TPSA) is 50.2 Å². The minimum atomic E-state index is -0.800. The van der Waals surface area contributed by atoms with Crippen molar-refractivity contribution in [2.45, 2.75) is 31.6 Å². The summed E-state index contributed by atoms with van der Waals surface area (Å²) in [5.41, 5.74) is 2.50. The van der Waals surface area contributed by atoms with Gasteiger partial charge in [0.2, 0.25) is 0 Å². The van der Waals surface area contributed by atoms with Crippen molar-refractivity contribution in [2.24, 2.45) is 0 Å². The Labute approximate surface area is 115 Å². The second-order valence-electron chi connectivity index (χ2n) is 4.90. The van der Waals surface area contributed by atoms with E-state index in [0.717, 1.165) is 30.0 Å². The van der Waals surface area contributed by atoms with E-state index < -0.39 is 5.97 Å². The SMILES string of the molecule is O=C(O)Cc1nc2c(s1)C[C@H](c1ccccc1)CC2. The number of fused-ring (bicyclic) bond motifs is 1. The Morgan fingerprint density at radius 3 is 2.89 bits per heavy atom. The molecule has 1 aromatic carbocycles. The zero-order chi connectivity index (χ0) is 13.2. The van der Waals surface area contributed by atoms with Gasteiger partial charge in [-0.2, -0.15) is 0 Å². The summed E-state index contributed by atoms with van der Waals surface area (Å²) in [6.45, 7) is 0. The molecule has 1 aromatic heterocycles. The summed E-state index contributed by atoms with van der Waals surface area (Å²) >= 11 is 1.57. The number of aromatic nitrogens is 1. The summed E-state index contributed by atoms with van der Waals surface area (Å²) in [5, 5.41) is 9.57. The van der Waals surface area contributed by atoms with Gasteiger partial charge in [0.05, 0.1) is 12.1 Å². The molecular formula is C15H15NO2S. The molecule has 19 heavy (non-hydrogen) atoms. The number of carboxylic acid groups (broad SMARTS) is 1. The monoisotopic (exact) mass is 273 g/mol. The van der Waals surface area contributed by atoms with E-state index in [1.165, 1.54) is 10.4 Å². The quantitative estimate of drug-likeness (QED) is 0.935. The first-order chi connectivity index (χ1) is 9.22. The number of aryl methyl sites for hydroxylation is 1. The fraction of sp³-hybridized carbons (Fsp3) is 0.333. The van der Waals surface area contributed by atoms with Crippen molar-refractivity contribution in [3.63, 3.8) is 0 Å². The highest BCUT2D eigenvalue weighted by Crippen LogP contribution is 2.35. The Morgan fingerprint density at radius 1 is 1.37 bits per heavy atom. The molecule has 0 fully saturated rings. The molecule has 1 aliphatic rings. The molecule has 1 aliphatic carbocycles. The number of hydrogen-bond donors (Lipinski definition) is 1. The number of carboxylic acids is 1. The first-order valence-corrected chi connectivity index (χ1v) is 7.28. The summed E-state index contributed by atoms with van der Waals surface area (Å²) < 4.78 is 0. The van der Waals surface area contributed by atoms with Gasteiger partial charge in [-0.15, -0.1) is 11.3 Å². The summed E-state index contributed by atoms with van der Waals surface area (Å²) in [4.78, 5) is 16.5. The molecule has 0 radical (unpaired) electrons. The van der Waals surface area contributed by atoms with Gasteiger partial charge in [0.15, 0.2) is 0 Å². The number of rotatable bonds is 3. The number of benzene rings is 1. The van der Waals surface area contributed by atoms with Crippen LogP contribution in [0.3, 0.4) is 0 Å². The average Bonchev–Trinajstić information content (AvgIpc) is 2.79. The smallest absolute Gasteiger partial charge is 0.310 e. The molecule has 0 spiro atoms. The predicted octanol–water partition coefficient (Wildman–Crippen LogP) is 3.04. The first kappa shape index (κ1) is 12.4. The third kappa shape index (κ3) is 2.68. The van der Waals surface area contributed by atoms with Crippen molar-refractivity contribution in [1.82, 2.24) is 4.98 Å². The fourth-order valence-electron chi connectivity index (χ4n) is 2.64. The molecule has 3 rings (SSSR count). The molecule has 1 atom stereocenters. The Bertz CT molecular complexity index is 591. The second-order valence-corrected chi connectivity index (χ2v) is 6.07. The molecule has 0 unspecified atom stereocenters. The van der Waals surface area contributed by atoms with Gasteiger partial charge in [-0.25, -0.2) is 4.98 Å². The van der Waals surface area contributed by atoms with Crippen molar-refractivity contribution < 1.29 is 9.90 Å². The normalized spacial score (nSPS) is 18.0. The molecule has 4 heteroatoms. The Balaban J connectivity index is 1.80. The zero-order valence-electron chi connectivity index (χ0n) is 10.5. The van der Waals surface area contributed by atoms with Crippen LogP contribution in [0.25, 0.3) is 0 Å². The molecule has 0 aliphatic heterocycles. The van der Waals surface area contributed by atoms with E-state index in [9.17, 15) is 4.79 Å². The molecule has 2 aromatic rings. The van der Waals surface area contributed by atoms with Crippen LogP contribution in [-0.2, 0) is 24.1 Å². The number of hydrogen-bond acceptors (Lipinski definition) is 3. The van der Waals surface area contributed by atoms with Crippen LogP contribution in [0.4, 0.5) is 0 Å². The number of carbonyl (C=O) groups is 1. The van der Waals surface area contributed by atoms with Gasteiger partial charge in [-0.1, -0.05) is 30.3 Å². The lowest BCUT2D eigenvalue weighted by molar-refractivity contribution is -0.136. The van der Waals surface area contributed by atoms with E-state index in [1.54, 1.807) is 11.3 Å². The van der Waals surface area contributed by atoms with Crippen LogP contribution in [-0.4, -0.2) is 16.1 Å². The maximum absolute atomic E-state index is 10.7. The van der Waals surface area contributed by atoms with E-state index in [0.29, 0.717) is 5.92 Å². The highest BCUT2D eigenvalue weighted by molar-refractivity contribution is 7.11. The van der Waals surface area contributed by atoms with Gasteiger partial charge < -0.3 is 5.11 Å². The van der Waals surface area contributed by atoms with Crippen LogP contribution in [0.1, 0.15) is 33.5 Å². The molecule has 0 bridgehead atoms. The molecule has 98 valence electrons. The standard InChI is InChI=1S/C15H15NO2S/c17-15(18)9-14-16-12-7-6-11(8-13(12)19-14)10-4-2-1-3-5-10/h1-5,11H,6-9H2,(H,17,18)/t11-/m1/s1. The summed E-state index contributed by atoms with van der Waals surface area (Å²) in [7, 11) is 0. The lowest BCUT2D eigenvalue weighted by atomic mass is 9.85. The Hall–Kier alpha value is -1.68. The lowest BCUT2D eigenvalue weighted by Gasteiger charge is -2.21. The van der Waals surface area contributed by atoms with Gasteiger partial charge in [0.1, 0.15) is 5.01 Å². The number of nitrogens with zero attached hydrogens (tertiary/aromatic N) is 1. The largest absolute Gasteiger partial charge is 0.481 e. The maximum Gasteiger partial charge on any atom is 0.310 e. The van der Waals surface area contributed by atoms with Crippen LogP contribution in [0.5, 0.6) is 0 Å². The van der Waals surface area contributed by atoms with Crippen LogP contribution in [0, 0.1) is 0 Å². The zero-order valence-corrected chi connectivity index (χ0v) is 11.3. The third-order valence-electron chi connectivity index (χ3n) is 3.56. The second kappa shape index (κ2) is 5.13. The van der Waals surface area contributed by atoms with E-state index >= 15 is 0 Å². The van der Waals surface area contributed by atoms with Crippen LogP contribution in [0.2, 0.25) is 0 Å². The van der Waals surface area contributed by atoms with Gasteiger partial charge in [0, 0.05) is 4.88 Å². The molecule has 0 saturated carbocycles. The lowest BCUT2D eigenvalue weighted by Crippen LogP contribution is -2.11. The highest BCUT2D eigenvalue weighted by Gasteiger charge is 2.23. The van der Waals surface area contributed by atoms with Gasteiger partial charge >= 0.3 is 5.97 Å². The Morgan fingerprint density at radius 2 is 2.16 bits per heavy atom. The van der Waals surface area contributed by atoms with Crippen LogP contribution >= 0.6 is 11.3 Å². The molecular weight excluding hydrogens is 258 g/mol. The summed E-state index contributed by atoms with van der Waals surface area (Å²) in [5.74, 6) is -0.252. The van der Waals surface area contributed by atoms with Crippen molar-refractivity contribution in [3.8, 4) is 0 Å². The number of thiazole rings is 1. The van der Waals surface area contributed by atoms with Gasteiger partial charge in [-0.05, 0) is 30.7 Å². The van der Waals surface area contributed by atoms with Crippen molar-refractivity contribution in [1.29, 1.82) is 0 Å². The molecule has 3 nitrogen and oxygen atoms in total.